The van der Waals surface area contributed by atoms with Gasteiger partial charge in [-0.3, -0.25) is 9.59 Å². The Morgan fingerprint density at radius 1 is 1.50 bits per heavy atom. The van der Waals surface area contributed by atoms with Gasteiger partial charge in [0.1, 0.15) is 6.04 Å². The molecular formula is C12H11ClN2O3. The van der Waals surface area contributed by atoms with Crippen LogP contribution >= 0.6 is 11.6 Å². The number of aliphatic carboxylic acids is 1. The molecule has 0 aliphatic carbocycles. The summed E-state index contributed by atoms with van der Waals surface area (Å²) in [5.74, 6) is -1.09. The maximum absolute atomic E-state index is 12.1. The van der Waals surface area contributed by atoms with Crippen molar-refractivity contribution in [3.63, 3.8) is 0 Å². The highest BCUT2D eigenvalue weighted by molar-refractivity contribution is 6.31. The van der Waals surface area contributed by atoms with Crippen molar-refractivity contribution in [2.24, 2.45) is 0 Å². The highest BCUT2D eigenvalue weighted by Crippen LogP contribution is 2.44. The summed E-state index contributed by atoms with van der Waals surface area (Å²) in [7, 11) is 0. The molecule has 94 valence electrons. The lowest BCUT2D eigenvalue weighted by Crippen LogP contribution is -2.36. The molecule has 2 heterocycles. The first kappa shape index (κ1) is 11.5. The predicted octanol–water partition coefficient (Wildman–Crippen LogP) is 0.976. The van der Waals surface area contributed by atoms with E-state index in [0.29, 0.717) is 11.6 Å². The Morgan fingerprint density at radius 2 is 2.28 bits per heavy atom. The minimum absolute atomic E-state index is 0.156. The Hall–Kier alpha value is -1.59. The standard InChI is InChI=1S/C12H11ClN2O3/c13-6-1-2-8-7(3-6)12(11(18)15-8)4-9(10(16)17)14-5-12/h1-3,9,14H,4-5H2,(H,15,18)(H,16,17)/t9-,12-/m0/s1. The third kappa shape index (κ3) is 1.44. The average Bonchev–Trinajstić information content (AvgIpc) is 2.86. The third-order valence-corrected chi connectivity index (χ3v) is 3.92. The second kappa shape index (κ2) is 3.70. The monoisotopic (exact) mass is 266 g/mol. The van der Waals surface area contributed by atoms with Gasteiger partial charge in [0.25, 0.3) is 0 Å². The van der Waals surface area contributed by atoms with Crippen molar-refractivity contribution >= 4 is 29.2 Å². The molecular weight excluding hydrogens is 256 g/mol. The fraction of sp³-hybridized carbons (Fsp3) is 0.333. The summed E-state index contributed by atoms with van der Waals surface area (Å²) >= 11 is 5.96. The second-order valence-electron chi connectivity index (χ2n) is 4.70. The zero-order valence-electron chi connectivity index (χ0n) is 9.37. The minimum Gasteiger partial charge on any atom is -0.480 e. The Bertz CT molecular complexity index is 560. The lowest BCUT2D eigenvalue weighted by atomic mass is 9.79. The quantitative estimate of drug-likeness (QED) is 0.708. The van der Waals surface area contributed by atoms with E-state index in [9.17, 15) is 9.59 Å². The van der Waals surface area contributed by atoms with Crippen LogP contribution in [0.4, 0.5) is 5.69 Å². The lowest BCUT2D eigenvalue weighted by Gasteiger charge is -2.19. The van der Waals surface area contributed by atoms with E-state index in [2.05, 4.69) is 10.6 Å². The first-order valence-electron chi connectivity index (χ1n) is 5.61. The van der Waals surface area contributed by atoms with Gasteiger partial charge in [0.05, 0.1) is 5.41 Å². The number of benzene rings is 1. The van der Waals surface area contributed by atoms with E-state index in [-0.39, 0.29) is 12.3 Å². The largest absolute Gasteiger partial charge is 0.480 e. The topological polar surface area (TPSA) is 78.4 Å². The van der Waals surface area contributed by atoms with Gasteiger partial charge >= 0.3 is 5.97 Å². The van der Waals surface area contributed by atoms with Crippen molar-refractivity contribution in [2.75, 3.05) is 11.9 Å². The first-order valence-corrected chi connectivity index (χ1v) is 5.98. The van der Waals surface area contributed by atoms with Crippen LogP contribution in [0.2, 0.25) is 5.02 Å². The van der Waals surface area contributed by atoms with Crippen molar-refractivity contribution in [1.29, 1.82) is 0 Å². The van der Waals surface area contributed by atoms with Gasteiger partial charge in [-0.15, -0.1) is 0 Å². The molecule has 0 saturated carbocycles. The van der Waals surface area contributed by atoms with Crippen molar-refractivity contribution in [1.82, 2.24) is 5.32 Å². The molecule has 3 N–H and O–H groups in total. The van der Waals surface area contributed by atoms with E-state index in [0.717, 1.165) is 11.3 Å². The average molecular weight is 267 g/mol. The van der Waals surface area contributed by atoms with Gasteiger partial charge in [-0.25, -0.2) is 0 Å². The summed E-state index contributed by atoms with van der Waals surface area (Å²) in [6.45, 7) is 0.323. The summed E-state index contributed by atoms with van der Waals surface area (Å²) < 4.78 is 0. The Labute approximate surface area is 108 Å². The van der Waals surface area contributed by atoms with Crippen molar-refractivity contribution in [3.05, 3.63) is 28.8 Å². The fourth-order valence-corrected chi connectivity index (χ4v) is 2.90. The van der Waals surface area contributed by atoms with Crippen LogP contribution in [0, 0.1) is 0 Å². The number of amides is 1. The molecule has 1 aromatic rings. The molecule has 0 unspecified atom stereocenters. The molecule has 1 aromatic carbocycles. The maximum atomic E-state index is 12.1. The Balaban J connectivity index is 2.06. The van der Waals surface area contributed by atoms with E-state index in [1.54, 1.807) is 18.2 Å². The van der Waals surface area contributed by atoms with Crippen LogP contribution in [0.1, 0.15) is 12.0 Å². The van der Waals surface area contributed by atoms with Crippen LogP contribution in [0.3, 0.4) is 0 Å². The molecule has 6 heteroatoms. The molecule has 0 radical (unpaired) electrons. The molecule has 2 atom stereocenters. The summed E-state index contributed by atoms with van der Waals surface area (Å²) in [5.41, 5.74) is 0.706. The molecule has 1 fully saturated rings. The Kier molecular flexibility index (Phi) is 2.36. The van der Waals surface area contributed by atoms with Gasteiger partial charge in [0.15, 0.2) is 0 Å². The van der Waals surface area contributed by atoms with E-state index in [1.807, 2.05) is 0 Å². The first-order chi connectivity index (χ1) is 8.53. The predicted molar refractivity (Wildman–Crippen MR) is 65.8 cm³/mol. The summed E-state index contributed by atoms with van der Waals surface area (Å²) in [6, 6.07) is 4.50. The normalized spacial score (nSPS) is 29.4. The smallest absolute Gasteiger partial charge is 0.320 e. The zero-order valence-corrected chi connectivity index (χ0v) is 10.1. The molecule has 1 spiro atoms. The number of carbonyl (C=O) groups is 2. The number of carboxylic acid groups (broad SMARTS) is 1. The van der Waals surface area contributed by atoms with E-state index < -0.39 is 17.4 Å². The summed E-state index contributed by atoms with van der Waals surface area (Å²) in [6.07, 6.45) is 0.251. The minimum atomic E-state index is -0.935. The van der Waals surface area contributed by atoms with Crippen molar-refractivity contribution in [2.45, 2.75) is 17.9 Å². The second-order valence-corrected chi connectivity index (χ2v) is 5.14. The number of nitrogens with one attached hydrogen (secondary N) is 2. The van der Waals surface area contributed by atoms with Crippen LogP contribution < -0.4 is 10.6 Å². The number of carbonyl (C=O) groups excluding carboxylic acids is 1. The molecule has 18 heavy (non-hydrogen) atoms. The van der Waals surface area contributed by atoms with E-state index >= 15 is 0 Å². The van der Waals surface area contributed by atoms with Crippen LogP contribution in [0.15, 0.2) is 18.2 Å². The van der Waals surface area contributed by atoms with Gasteiger partial charge in [-0.2, -0.15) is 0 Å². The SMILES string of the molecule is O=C(O)[C@@H]1C[C@@]2(CN1)C(=O)Nc1ccc(Cl)cc12. The third-order valence-electron chi connectivity index (χ3n) is 3.68. The van der Waals surface area contributed by atoms with Crippen LogP contribution in [0.5, 0.6) is 0 Å². The highest BCUT2D eigenvalue weighted by Gasteiger charge is 2.53. The van der Waals surface area contributed by atoms with Crippen LogP contribution in [-0.4, -0.2) is 29.6 Å². The highest BCUT2D eigenvalue weighted by atomic mass is 35.5. The molecule has 5 nitrogen and oxygen atoms in total. The summed E-state index contributed by atoms with van der Waals surface area (Å²) in [5, 5.41) is 15.2. The van der Waals surface area contributed by atoms with Crippen molar-refractivity contribution < 1.29 is 14.7 Å². The molecule has 3 rings (SSSR count). The number of carboxylic acids is 1. The van der Waals surface area contributed by atoms with Crippen LogP contribution in [-0.2, 0) is 15.0 Å². The molecule has 0 bridgehead atoms. The number of fused-ring (bicyclic) bond motifs is 2. The maximum Gasteiger partial charge on any atom is 0.320 e. The number of anilines is 1. The zero-order chi connectivity index (χ0) is 12.9. The molecule has 1 amide bonds. The molecule has 2 aliphatic rings. The van der Waals surface area contributed by atoms with Gasteiger partial charge in [-0.05, 0) is 30.2 Å². The molecule has 2 aliphatic heterocycles. The van der Waals surface area contributed by atoms with E-state index in [4.69, 9.17) is 16.7 Å². The lowest BCUT2D eigenvalue weighted by molar-refractivity contribution is -0.139. The number of hydrogen-bond acceptors (Lipinski definition) is 3. The fourth-order valence-electron chi connectivity index (χ4n) is 2.73. The molecule has 1 saturated heterocycles. The van der Waals surface area contributed by atoms with Gasteiger partial charge < -0.3 is 15.7 Å². The van der Waals surface area contributed by atoms with E-state index in [1.165, 1.54) is 0 Å². The Morgan fingerprint density at radius 3 is 2.94 bits per heavy atom. The molecule has 0 aromatic heterocycles. The van der Waals surface area contributed by atoms with Gasteiger partial charge in [0, 0.05) is 17.3 Å². The number of rotatable bonds is 1. The summed E-state index contributed by atoms with van der Waals surface area (Å²) in [4.78, 5) is 23.2. The van der Waals surface area contributed by atoms with Crippen LogP contribution in [0.25, 0.3) is 0 Å². The van der Waals surface area contributed by atoms with Gasteiger partial charge in [-0.1, -0.05) is 11.6 Å². The van der Waals surface area contributed by atoms with Crippen molar-refractivity contribution in [3.8, 4) is 0 Å². The number of hydrogen-bond donors (Lipinski definition) is 3. The number of halogens is 1. The van der Waals surface area contributed by atoms with Gasteiger partial charge in [0.2, 0.25) is 5.91 Å².